The molecule has 1 aliphatic rings. The second-order valence-electron chi connectivity index (χ2n) is 7.29. The molecule has 0 heterocycles. The van der Waals surface area contributed by atoms with E-state index in [1.807, 2.05) is 19.1 Å². The molecule has 0 unspecified atom stereocenters. The van der Waals surface area contributed by atoms with Gasteiger partial charge in [-0.05, 0) is 30.2 Å². The molecule has 4 rings (SSSR count). The van der Waals surface area contributed by atoms with Crippen LogP contribution < -0.4 is 11.1 Å². The van der Waals surface area contributed by atoms with E-state index in [1.54, 1.807) is 36.4 Å². The highest BCUT2D eigenvalue weighted by molar-refractivity contribution is 6.30. The van der Waals surface area contributed by atoms with Gasteiger partial charge in [-0.15, -0.1) is 0 Å². The molecule has 0 fully saturated rings. The molecule has 7 heteroatoms. The van der Waals surface area contributed by atoms with Crippen molar-refractivity contribution in [3.05, 3.63) is 94.0 Å². The first-order valence-corrected chi connectivity index (χ1v) is 10.1. The van der Waals surface area contributed by atoms with Gasteiger partial charge in [0.05, 0.1) is 16.8 Å². The lowest BCUT2D eigenvalue weighted by molar-refractivity contribution is -0.119. The number of anilines is 2. The number of para-hydroxylation sites is 1. The molecule has 3 aromatic carbocycles. The predicted octanol–water partition coefficient (Wildman–Crippen LogP) is 3.40. The quantitative estimate of drug-likeness (QED) is 0.372. The summed E-state index contributed by atoms with van der Waals surface area (Å²) in [5.41, 5.74) is 8.13. The van der Waals surface area contributed by atoms with E-state index in [0.717, 1.165) is 12.0 Å². The molecule has 0 saturated heterocycles. The van der Waals surface area contributed by atoms with E-state index in [0.29, 0.717) is 11.3 Å². The van der Waals surface area contributed by atoms with Gasteiger partial charge < -0.3 is 15.8 Å². The molecule has 32 heavy (non-hydrogen) atoms. The molecule has 160 valence electrons. The number of nitrogens with one attached hydrogen (secondary N) is 1. The lowest BCUT2D eigenvalue weighted by Crippen LogP contribution is -2.25. The van der Waals surface area contributed by atoms with E-state index in [1.165, 1.54) is 12.1 Å². The Balaban J connectivity index is 1.52. The number of carbonyl (C=O) groups is 4. The van der Waals surface area contributed by atoms with Gasteiger partial charge in [-0.25, -0.2) is 4.79 Å². The van der Waals surface area contributed by atoms with E-state index in [-0.39, 0.29) is 33.7 Å². The molecule has 0 saturated carbocycles. The van der Waals surface area contributed by atoms with Crippen LogP contribution in [0.4, 0.5) is 11.4 Å². The first-order chi connectivity index (χ1) is 15.4. The van der Waals surface area contributed by atoms with E-state index in [9.17, 15) is 19.2 Å². The molecule has 0 atom stereocenters. The Bertz CT molecular complexity index is 1280. The zero-order chi connectivity index (χ0) is 22.8. The number of ether oxygens (including phenoxy) is 1. The number of amides is 1. The average molecular weight is 428 g/mol. The molecule has 0 aromatic heterocycles. The second-order valence-corrected chi connectivity index (χ2v) is 7.29. The Morgan fingerprint density at radius 3 is 2.25 bits per heavy atom. The molecule has 3 N–H and O–H groups in total. The van der Waals surface area contributed by atoms with Crippen LogP contribution in [0, 0.1) is 0 Å². The maximum absolute atomic E-state index is 12.9. The number of ketones is 2. The maximum atomic E-state index is 12.9. The maximum Gasteiger partial charge on any atom is 0.340 e. The van der Waals surface area contributed by atoms with Crippen molar-refractivity contribution in [3.8, 4) is 0 Å². The number of aryl methyl sites for hydroxylation is 1. The Morgan fingerprint density at radius 1 is 0.875 bits per heavy atom. The van der Waals surface area contributed by atoms with Gasteiger partial charge in [-0.1, -0.05) is 49.4 Å². The van der Waals surface area contributed by atoms with E-state index >= 15 is 0 Å². The van der Waals surface area contributed by atoms with Crippen LogP contribution in [0.5, 0.6) is 0 Å². The summed E-state index contributed by atoms with van der Waals surface area (Å²) in [4.78, 5) is 50.5. The molecule has 0 aliphatic heterocycles. The van der Waals surface area contributed by atoms with Crippen LogP contribution in [-0.2, 0) is 16.0 Å². The molecule has 0 spiro atoms. The summed E-state index contributed by atoms with van der Waals surface area (Å²) >= 11 is 0. The number of carbonyl (C=O) groups excluding carboxylic acids is 4. The zero-order valence-corrected chi connectivity index (χ0v) is 17.3. The Kier molecular flexibility index (Phi) is 5.55. The lowest BCUT2D eigenvalue weighted by Gasteiger charge is -2.20. The van der Waals surface area contributed by atoms with Gasteiger partial charge >= 0.3 is 5.97 Å². The van der Waals surface area contributed by atoms with Crippen LogP contribution in [0.15, 0.2) is 60.7 Å². The van der Waals surface area contributed by atoms with Crippen LogP contribution in [0.25, 0.3) is 0 Å². The second kappa shape index (κ2) is 8.47. The monoisotopic (exact) mass is 428 g/mol. The number of hydrogen-bond acceptors (Lipinski definition) is 6. The summed E-state index contributed by atoms with van der Waals surface area (Å²) < 4.78 is 5.11. The minimum Gasteiger partial charge on any atom is -0.452 e. The number of nitrogen functional groups attached to an aromatic ring is 1. The highest BCUT2D eigenvalue weighted by Crippen LogP contribution is 2.32. The van der Waals surface area contributed by atoms with Gasteiger partial charge in [0.2, 0.25) is 0 Å². The summed E-state index contributed by atoms with van der Waals surface area (Å²) in [7, 11) is 0. The molecule has 1 amide bonds. The van der Waals surface area contributed by atoms with Gasteiger partial charge in [0, 0.05) is 22.4 Å². The van der Waals surface area contributed by atoms with Crippen LogP contribution in [-0.4, -0.2) is 30.0 Å². The van der Waals surface area contributed by atoms with E-state index < -0.39 is 24.3 Å². The third kappa shape index (κ3) is 3.65. The largest absolute Gasteiger partial charge is 0.452 e. The highest BCUT2D eigenvalue weighted by Gasteiger charge is 2.33. The van der Waals surface area contributed by atoms with Crippen molar-refractivity contribution >= 4 is 34.8 Å². The van der Waals surface area contributed by atoms with Gasteiger partial charge in [-0.2, -0.15) is 0 Å². The average Bonchev–Trinajstić information content (AvgIpc) is 2.81. The minimum atomic E-state index is -0.858. The number of nitrogens with two attached hydrogens (primary N) is 1. The number of fused-ring (bicyclic) bond motifs is 2. The molecule has 1 aliphatic carbocycles. The Hall–Kier alpha value is -4.26. The van der Waals surface area contributed by atoms with Crippen molar-refractivity contribution in [2.75, 3.05) is 17.7 Å². The minimum absolute atomic E-state index is 0.0236. The third-order valence-corrected chi connectivity index (χ3v) is 5.36. The Morgan fingerprint density at radius 2 is 1.53 bits per heavy atom. The van der Waals surface area contributed by atoms with Crippen LogP contribution in [0.2, 0.25) is 0 Å². The number of rotatable bonds is 5. The molecule has 0 radical (unpaired) electrons. The number of esters is 1. The predicted molar refractivity (Wildman–Crippen MR) is 119 cm³/mol. The van der Waals surface area contributed by atoms with Gasteiger partial charge in [-0.3, -0.25) is 14.4 Å². The van der Waals surface area contributed by atoms with E-state index in [2.05, 4.69) is 5.32 Å². The topological polar surface area (TPSA) is 116 Å². The SMILES string of the molecule is CCc1ccccc1NC(=O)COC(=O)c1ccc2c(c1N)C(=O)c1ccccc1C2=O. The molecule has 3 aromatic rings. The molecular weight excluding hydrogens is 408 g/mol. The fourth-order valence-electron chi connectivity index (χ4n) is 3.74. The van der Waals surface area contributed by atoms with Crippen molar-refractivity contribution < 1.29 is 23.9 Å². The fourth-order valence-corrected chi connectivity index (χ4v) is 3.74. The van der Waals surface area contributed by atoms with Gasteiger partial charge in [0.25, 0.3) is 5.91 Å². The van der Waals surface area contributed by atoms with Gasteiger partial charge in [0.15, 0.2) is 18.2 Å². The van der Waals surface area contributed by atoms with Crippen LogP contribution in [0.3, 0.4) is 0 Å². The smallest absolute Gasteiger partial charge is 0.340 e. The van der Waals surface area contributed by atoms with Gasteiger partial charge in [0.1, 0.15) is 0 Å². The summed E-state index contributed by atoms with van der Waals surface area (Å²) in [6.45, 7) is 1.44. The summed E-state index contributed by atoms with van der Waals surface area (Å²) in [5, 5.41) is 2.71. The highest BCUT2D eigenvalue weighted by atomic mass is 16.5. The number of hydrogen-bond donors (Lipinski definition) is 2. The van der Waals surface area contributed by atoms with Crippen molar-refractivity contribution in [1.29, 1.82) is 0 Å². The first-order valence-electron chi connectivity index (χ1n) is 10.1. The molecular formula is C25H20N2O5. The van der Waals surface area contributed by atoms with Crippen molar-refractivity contribution in [2.24, 2.45) is 0 Å². The van der Waals surface area contributed by atoms with Crippen LogP contribution >= 0.6 is 0 Å². The normalized spacial score (nSPS) is 12.0. The summed E-state index contributed by atoms with van der Waals surface area (Å²) in [6, 6.07) is 16.5. The van der Waals surface area contributed by atoms with Crippen LogP contribution in [0.1, 0.15) is 54.7 Å². The third-order valence-electron chi connectivity index (χ3n) is 5.36. The summed E-state index contributed by atoms with van der Waals surface area (Å²) in [6.07, 6.45) is 0.734. The van der Waals surface area contributed by atoms with Crippen molar-refractivity contribution in [3.63, 3.8) is 0 Å². The molecule has 0 bridgehead atoms. The fraction of sp³-hybridized carbons (Fsp3) is 0.120. The van der Waals surface area contributed by atoms with Crippen molar-refractivity contribution in [2.45, 2.75) is 13.3 Å². The molecule has 7 nitrogen and oxygen atoms in total. The number of benzene rings is 3. The zero-order valence-electron chi connectivity index (χ0n) is 17.3. The lowest BCUT2D eigenvalue weighted by atomic mass is 9.82. The first kappa shape index (κ1) is 21.0. The van der Waals surface area contributed by atoms with Crippen molar-refractivity contribution in [1.82, 2.24) is 0 Å². The summed E-state index contributed by atoms with van der Waals surface area (Å²) in [5.74, 6) is -2.13. The standard InChI is InChI=1S/C25H20N2O5/c1-2-14-7-3-6-10-19(14)27-20(28)13-32-25(31)18-12-11-17-21(22(18)26)24(30)16-9-5-4-8-15(16)23(17)29/h3-12H,2,13,26H2,1H3,(H,27,28). The Labute approximate surface area is 184 Å². The van der Waals surface area contributed by atoms with E-state index in [4.69, 9.17) is 10.5 Å².